The first-order valence-electron chi connectivity index (χ1n) is 17.8. The van der Waals surface area contributed by atoms with E-state index >= 15 is 0 Å². The summed E-state index contributed by atoms with van der Waals surface area (Å²) in [6.07, 6.45) is 1.94. The van der Waals surface area contributed by atoms with E-state index in [2.05, 4.69) is 165 Å². The van der Waals surface area contributed by atoms with Gasteiger partial charge in [-0.25, -0.2) is 9.55 Å². The quantitative estimate of drug-likeness (QED) is 0.121. The fraction of sp³-hybridized carbons (Fsp3) is 0.0652. The second-order valence-electron chi connectivity index (χ2n) is 14.7. The van der Waals surface area contributed by atoms with Crippen LogP contribution >= 0.6 is 0 Å². The lowest BCUT2D eigenvalue weighted by molar-refractivity contribution is -0.699. The lowest BCUT2D eigenvalue weighted by Gasteiger charge is -2.43. The Kier molecular flexibility index (Phi) is 3.93. The van der Waals surface area contributed by atoms with E-state index in [9.17, 15) is 0 Å². The predicted molar refractivity (Wildman–Crippen MR) is 199 cm³/mol. The van der Waals surface area contributed by atoms with Gasteiger partial charge < -0.3 is 0 Å². The molecule has 14 rings (SSSR count). The van der Waals surface area contributed by atoms with E-state index in [1.807, 2.05) is 6.20 Å². The van der Waals surface area contributed by atoms with Gasteiger partial charge in [-0.15, -0.1) is 0 Å². The summed E-state index contributed by atoms with van der Waals surface area (Å²) in [5.41, 5.74) is 18.0. The van der Waals surface area contributed by atoms with E-state index in [-0.39, 0.29) is 0 Å². The van der Waals surface area contributed by atoms with Crippen LogP contribution in [0.5, 0.6) is 0 Å². The maximum absolute atomic E-state index is 5.11. The van der Waals surface area contributed by atoms with Crippen LogP contribution in [0.2, 0.25) is 0 Å². The summed E-state index contributed by atoms with van der Waals surface area (Å²) in [7, 11) is 2.25. The average Bonchev–Trinajstić information content (AvgIpc) is 3.95. The fourth-order valence-electron chi connectivity index (χ4n) is 11.5. The lowest BCUT2D eigenvalue weighted by atomic mass is 9.58. The average molecular weight is 650 g/mol. The molecule has 0 N–H and O–H groups in total. The molecule has 0 fully saturated rings. The molecule has 0 saturated carbocycles. The molecular weight excluding hydrogens is 623 g/mol. The largest absolute Gasteiger partial charge is 0.309 e. The molecule has 0 radical (unpaired) electrons. The van der Waals surface area contributed by atoms with Crippen molar-refractivity contribution >= 4 is 49.5 Å². The highest BCUT2D eigenvalue weighted by molar-refractivity contribution is 6.16. The molecular formula is C46H27N5+2. The highest BCUT2D eigenvalue weighted by Crippen LogP contribution is 2.67. The van der Waals surface area contributed by atoms with Crippen LogP contribution in [-0.2, 0) is 18.1 Å². The maximum atomic E-state index is 5.11. The first-order chi connectivity index (χ1) is 25.3. The molecule has 1 atom stereocenters. The zero-order valence-electron chi connectivity index (χ0n) is 27.6. The number of hydrogen-bond donors (Lipinski definition) is 0. The van der Waals surface area contributed by atoms with Crippen LogP contribution in [-0.4, -0.2) is 14.0 Å². The molecule has 2 aliphatic carbocycles. The Bertz CT molecular complexity index is 3300. The second kappa shape index (κ2) is 7.90. The van der Waals surface area contributed by atoms with Crippen molar-refractivity contribution in [1.82, 2.24) is 14.0 Å². The van der Waals surface area contributed by atoms with Crippen molar-refractivity contribution in [2.45, 2.75) is 11.1 Å². The Balaban J connectivity index is 1.36. The summed E-state index contributed by atoms with van der Waals surface area (Å²) in [4.78, 5) is 5.11. The second-order valence-corrected chi connectivity index (χ2v) is 14.7. The third-order valence-electron chi connectivity index (χ3n) is 12.9. The number of pyridine rings is 2. The number of fused-ring (bicyclic) bond motifs is 17. The smallest absolute Gasteiger partial charge is 0.225 e. The minimum atomic E-state index is -0.678. The first-order valence-corrected chi connectivity index (χ1v) is 17.8. The van der Waals surface area contributed by atoms with E-state index in [0.29, 0.717) is 0 Å². The Morgan fingerprint density at radius 1 is 0.549 bits per heavy atom. The van der Waals surface area contributed by atoms with Crippen molar-refractivity contribution in [2.24, 2.45) is 7.05 Å². The van der Waals surface area contributed by atoms with E-state index < -0.39 is 11.1 Å². The number of nitrogens with zero attached hydrogens (tertiary/aromatic N) is 5. The van der Waals surface area contributed by atoms with Gasteiger partial charge in [0.05, 0.1) is 39.9 Å². The molecule has 6 heterocycles. The van der Waals surface area contributed by atoms with Gasteiger partial charge in [0, 0.05) is 11.6 Å². The third-order valence-corrected chi connectivity index (χ3v) is 12.9. The van der Waals surface area contributed by atoms with Crippen molar-refractivity contribution in [3.05, 3.63) is 179 Å². The van der Waals surface area contributed by atoms with Gasteiger partial charge in [0.2, 0.25) is 5.65 Å². The van der Waals surface area contributed by atoms with Crippen molar-refractivity contribution in [3.63, 3.8) is 0 Å². The minimum absolute atomic E-state index is 0.495. The number of para-hydroxylation sites is 4. The molecule has 0 bridgehead atoms. The Morgan fingerprint density at radius 2 is 1.22 bits per heavy atom. The van der Waals surface area contributed by atoms with Gasteiger partial charge in [0.25, 0.3) is 5.82 Å². The zero-order valence-corrected chi connectivity index (χ0v) is 27.6. The van der Waals surface area contributed by atoms with Gasteiger partial charge in [-0.2, -0.15) is 13.5 Å². The summed E-state index contributed by atoms with van der Waals surface area (Å²) >= 11 is 0. The normalized spacial score (nSPS) is 17.7. The number of hydrogen-bond acceptors (Lipinski definition) is 1. The predicted octanol–water partition coefficient (Wildman–Crippen LogP) is 8.13. The molecule has 234 valence electrons. The molecule has 0 amide bonds. The summed E-state index contributed by atoms with van der Waals surface area (Å²) in [5, 5.41) is 3.75. The first kappa shape index (κ1) is 25.4. The topological polar surface area (TPSA) is 30.0 Å². The van der Waals surface area contributed by atoms with Gasteiger partial charge in [-0.05, 0) is 75.8 Å². The van der Waals surface area contributed by atoms with Crippen LogP contribution in [0.4, 0.5) is 0 Å². The molecule has 0 saturated heterocycles. The molecule has 1 unspecified atom stereocenters. The van der Waals surface area contributed by atoms with Gasteiger partial charge in [-0.1, -0.05) is 97.1 Å². The van der Waals surface area contributed by atoms with Crippen molar-refractivity contribution in [3.8, 4) is 22.5 Å². The Morgan fingerprint density at radius 3 is 2.04 bits per heavy atom. The Hall–Kier alpha value is -6.59. The van der Waals surface area contributed by atoms with Crippen LogP contribution < -0.4 is 9.13 Å². The minimum Gasteiger partial charge on any atom is -0.225 e. The van der Waals surface area contributed by atoms with Crippen molar-refractivity contribution in [2.75, 3.05) is 0 Å². The van der Waals surface area contributed by atoms with Crippen molar-refractivity contribution in [1.29, 1.82) is 0 Å². The molecule has 6 aromatic carbocycles. The van der Waals surface area contributed by atoms with Crippen LogP contribution in [0.3, 0.4) is 0 Å². The van der Waals surface area contributed by atoms with Crippen molar-refractivity contribution < 1.29 is 9.13 Å². The molecule has 5 heteroatoms. The van der Waals surface area contributed by atoms with E-state index in [1.54, 1.807) is 0 Å². The Labute approximate surface area is 291 Å². The maximum Gasteiger partial charge on any atom is 0.309 e. The SMILES string of the molecule is C[n+]1c2n(c3ccccc31)C13c4c-2cccc4C2(c4ccccc4-c4ccccc42)c2ccc4c5cccnc5n5c6ccccc6[n+]1c5c4c23. The highest BCUT2D eigenvalue weighted by Gasteiger charge is 2.71. The standard InChI is InChI=1S/C46H27N5/c1-48-35-19-6-8-21-37(35)50-43(48)30-14-10-18-33-40(30)46(50)41-34(45(33)31-16-4-2-12-26(31)27-13-3-5-17-32(27)45)24-23-28-29-15-11-25-47-42(29)49-36-20-7-9-22-38(36)51(46)44(49)39(28)41/h2-25H,1H3/q+2. The summed E-state index contributed by atoms with van der Waals surface area (Å²) < 4.78 is 10.3. The molecule has 10 aromatic rings. The van der Waals surface area contributed by atoms with Crippen LogP contribution in [0.15, 0.2) is 146 Å². The van der Waals surface area contributed by atoms with Gasteiger partial charge >= 0.3 is 11.3 Å². The number of aryl methyl sites for hydroxylation is 1. The number of aromatic nitrogens is 5. The van der Waals surface area contributed by atoms with E-state index in [1.165, 1.54) is 99.8 Å². The lowest BCUT2D eigenvalue weighted by Crippen LogP contribution is -2.61. The monoisotopic (exact) mass is 649 g/mol. The third kappa shape index (κ3) is 2.31. The van der Waals surface area contributed by atoms with E-state index in [0.717, 1.165) is 5.65 Å². The van der Waals surface area contributed by atoms with Crippen LogP contribution in [0.25, 0.3) is 72.0 Å². The molecule has 4 aliphatic rings. The number of imidazole rings is 2. The molecule has 2 aliphatic heterocycles. The van der Waals surface area contributed by atoms with E-state index in [4.69, 9.17) is 4.98 Å². The summed E-state index contributed by atoms with van der Waals surface area (Å²) in [5.74, 6) is 1.24. The summed E-state index contributed by atoms with van der Waals surface area (Å²) in [6.45, 7) is 0. The highest BCUT2D eigenvalue weighted by atomic mass is 15.4. The van der Waals surface area contributed by atoms with Crippen LogP contribution in [0, 0.1) is 0 Å². The number of benzene rings is 6. The van der Waals surface area contributed by atoms with Crippen LogP contribution in [0.1, 0.15) is 33.4 Å². The molecule has 4 aromatic heterocycles. The molecule has 5 nitrogen and oxygen atoms in total. The summed E-state index contributed by atoms with van der Waals surface area (Å²) in [6, 6.07) is 52.6. The zero-order chi connectivity index (χ0) is 33.0. The van der Waals surface area contributed by atoms with Gasteiger partial charge in [0.1, 0.15) is 0 Å². The molecule has 2 spiro atoms. The van der Waals surface area contributed by atoms with Gasteiger partial charge in [-0.3, -0.25) is 0 Å². The van der Waals surface area contributed by atoms with Gasteiger partial charge in [0.15, 0.2) is 22.1 Å². The fourth-order valence-corrected chi connectivity index (χ4v) is 11.5. The number of rotatable bonds is 0. The molecule has 51 heavy (non-hydrogen) atoms.